The number of hydrogen-bond donors (Lipinski definition) is 2. The van der Waals surface area contributed by atoms with Gasteiger partial charge in [0, 0.05) is 18.7 Å². The van der Waals surface area contributed by atoms with Crippen molar-refractivity contribution >= 4 is 0 Å². The van der Waals surface area contributed by atoms with E-state index in [4.69, 9.17) is 10.8 Å². The third kappa shape index (κ3) is 3.56. The van der Waals surface area contributed by atoms with Crippen molar-refractivity contribution in [3.8, 4) is 0 Å². The molecule has 1 saturated heterocycles. The first-order chi connectivity index (χ1) is 6.77. The standard InChI is InChI=1S/C11H24N2O/c1-2-3-11(6-9-14)13-7-4-10(12)5-8-13/h10-11,14H,2-9,12H2,1H3. The molecule has 1 unspecified atom stereocenters. The lowest BCUT2D eigenvalue weighted by Crippen LogP contribution is -2.45. The van der Waals surface area contributed by atoms with Gasteiger partial charge in [-0.3, -0.25) is 0 Å². The van der Waals surface area contributed by atoms with E-state index in [-0.39, 0.29) is 0 Å². The summed E-state index contributed by atoms with van der Waals surface area (Å²) < 4.78 is 0. The van der Waals surface area contributed by atoms with Gasteiger partial charge in [-0.15, -0.1) is 0 Å². The quantitative estimate of drug-likeness (QED) is 0.695. The number of aliphatic hydroxyl groups is 1. The summed E-state index contributed by atoms with van der Waals surface area (Å²) in [4.78, 5) is 2.50. The summed E-state index contributed by atoms with van der Waals surface area (Å²) in [7, 11) is 0. The monoisotopic (exact) mass is 200 g/mol. The predicted molar refractivity (Wildman–Crippen MR) is 59.2 cm³/mol. The Morgan fingerprint density at radius 2 is 2.00 bits per heavy atom. The van der Waals surface area contributed by atoms with Gasteiger partial charge in [0.2, 0.25) is 0 Å². The molecule has 1 aliphatic heterocycles. The van der Waals surface area contributed by atoms with Gasteiger partial charge in [-0.25, -0.2) is 0 Å². The van der Waals surface area contributed by atoms with E-state index in [0.29, 0.717) is 18.7 Å². The van der Waals surface area contributed by atoms with Crippen LogP contribution < -0.4 is 5.73 Å². The van der Waals surface area contributed by atoms with Crippen molar-refractivity contribution in [3.63, 3.8) is 0 Å². The summed E-state index contributed by atoms with van der Waals surface area (Å²) in [6.07, 6.45) is 5.56. The van der Waals surface area contributed by atoms with E-state index in [1.807, 2.05) is 0 Å². The van der Waals surface area contributed by atoms with Crippen LogP contribution in [0.4, 0.5) is 0 Å². The molecule has 14 heavy (non-hydrogen) atoms. The van der Waals surface area contributed by atoms with Gasteiger partial charge >= 0.3 is 0 Å². The van der Waals surface area contributed by atoms with Gasteiger partial charge in [0.05, 0.1) is 0 Å². The van der Waals surface area contributed by atoms with Crippen LogP contribution in [0.3, 0.4) is 0 Å². The van der Waals surface area contributed by atoms with Crippen LogP contribution in [0.5, 0.6) is 0 Å². The zero-order chi connectivity index (χ0) is 10.4. The number of aliphatic hydroxyl groups excluding tert-OH is 1. The molecule has 1 atom stereocenters. The minimum absolute atomic E-state index is 0.313. The second-order valence-corrected chi connectivity index (χ2v) is 4.33. The summed E-state index contributed by atoms with van der Waals surface area (Å²) in [6.45, 7) is 4.75. The molecule has 1 heterocycles. The van der Waals surface area contributed by atoms with Gasteiger partial charge in [-0.1, -0.05) is 13.3 Å². The molecule has 3 nitrogen and oxygen atoms in total. The first kappa shape index (κ1) is 12.0. The smallest absolute Gasteiger partial charge is 0.0445 e. The molecule has 3 heteroatoms. The molecule has 0 aromatic heterocycles. The van der Waals surface area contributed by atoms with Crippen LogP contribution >= 0.6 is 0 Å². The molecule has 0 bridgehead atoms. The average Bonchev–Trinajstić information content (AvgIpc) is 2.19. The Bertz CT molecular complexity index is 138. The molecule has 0 aliphatic carbocycles. The lowest BCUT2D eigenvalue weighted by atomic mass is 10.0. The van der Waals surface area contributed by atoms with Crippen molar-refractivity contribution in [2.45, 2.75) is 51.1 Å². The third-order valence-electron chi connectivity index (χ3n) is 3.17. The molecule has 0 amide bonds. The molecular weight excluding hydrogens is 176 g/mol. The summed E-state index contributed by atoms with van der Waals surface area (Å²) in [6, 6.07) is 0.986. The van der Waals surface area contributed by atoms with Gasteiger partial charge in [0.15, 0.2) is 0 Å². The fourth-order valence-electron chi connectivity index (χ4n) is 2.28. The Hall–Kier alpha value is -0.120. The van der Waals surface area contributed by atoms with E-state index < -0.39 is 0 Å². The molecule has 1 fully saturated rings. The van der Waals surface area contributed by atoms with Gasteiger partial charge < -0.3 is 15.7 Å². The first-order valence-corrected chi connectivity index (χ1v) is 5.88. The van der Waals surface area contributed by atoms with Crippen LogP contribution in [0, 0.1) is 0 Å². The highest BCUT2D eigenvalue weighted by atomic mass is 16.3. The number of hydrogen-bond acceptors (Lipinski definition) is 3. The number of rotatable bonds is 5. The van der Waals surface area contributed by atoms with E-state index in [0.717, 1.165) is 32.4 Å². The molecule has 0 aromatic carbocycles. The maximum absolute atomic E-state index is 8.99. The number of nitrogens with two attached hydrogens (primary N) is 1. The van der Waals surface area contributed by atoms with E-state index >= 15 is 0 Å². The normalized spacial score (nSPS) is 22.5. The van der Waals surface area contributed by atoms with Gasteiger partial charge in [-0.05, 0) is 38.8 Å². The largest absolute Gasteiger partial charge is 0.396 e. The fourth-order valence-corrected chi connectivity index (χ4v) is 2.28. The van der Waals surface area contributed by atoms with Crippen molar-refractivity contribution in [2.24, 2.45) is 5.73 Å². The minimum atomic E-state index is 0.313. The van der Waals surface area contributed by atoms with Crippen molar-refractivity contribution in [2.75, 3.05) is 19.7 Å². The van der Waals surface area contributed by atoms with Crippen molar-refractivity contribution < 1.29 is 5.11 Å². The van der Waals surface area contributed by atoms with Crippen LogP contribution in [0.1, 0.15) is 39.0 Å². The molecule has 0 saturated carbocycles. The molecule has 0 radical (unpaired) electrons. The summed E-state index contributed by atoms with van der Waals surface area (Å²) in [5.41, 5.74) is 5.87. The van der Waals surface area contributed by atoms with Crippen LogP contribution in [0.15, 0.2) is 0 Å². The Labute approximate surface area is 87.3 Å². The third-order valence-corrected chi connectivity index (χ3v) is 3.17. The maximum atomic E-state index is 8.99. The molecule has 0 aromatic rings. The second-order valence-electron chi connectivity index (χ2n) is 4.33. The Morgan fingerprint density at radius 3 is 2.50 bits per heavy atom. The topological polar surface area (TPSA) is 49.5 Å². The zero-order valence-electron chi connectivity index (χ0n) is 9.28. The van der Waals surface area contributed by atoms with E-state index in [1.165, 1.54) is 12.8 Å². The van der Waals surface area contributed by atoms with Crippen LogP contribution in [-0.4, -0.2) is 41.8 Å². The number of nitrogens with zero attached hydrogens (tertiary/aromatic N) is 1. The summed E-state index contributed by atoms with van der Waals surface area (Å²) in [5.74, 6) is 0. The first-order valence-electron chi connectivity index (χ1n) is 5.88. The minimum Gasteiger partial charge on any atom is -0.396 e. The van der Waals surface area contributed by atoms with Crippen LogP contribution in [-0.2, 0) is 0 Å². The fraction of sp³-hybridized carbons (Fsp3) is 1.00. The van der Waals surface area contributed by atoms with Crippen molar-refractivity contribution in [1.82, 2.24) is 4.90 Å². The predicted octanol–water partition coefficient (Wildman–Crippen LogP) is 0.961. The Morgan fingerprint density at radius 1 is 1.36 bits per heavy atom. The molecule has 1 rings (SSSR count). The van der Waals surface area contributed by atoms with Crippen LogP contribution in [0.2, 0.25) is 0 Å². The van der Waals surface area contributed by atoms with E-state index in [1.54, 1.807) is 0 Å². The van der Waals surface area contributed by atoms with E-state index in [2.05, 4.69) is 11.8 Å². The molecular formula is C11H24N2O. The highest BCUT2D eigenvalue weighted by molar-refractivity contribution is 4.79. The highest BCUT2D eigenvalue weighted by Gasteiger charge is 2.22. The Balaban J connectivity index is 2.34. The van der Waals surface area contributed by atoms with Crippen molar-refractivity contribution in [3.05, 3.63) is 0 Å². The highest BCUT2D eigenvalue weighted by Crippen LogP contribution is 2.17. The second kappa shape index (κ2) is 6.38. The molecule has 84 valence electrons. The zero-order valence-corrected chi connectivity index (χ0v) is 9.28. The number of likely N-dealkylation sites (tertiary alicyclic amines) is 1. The molecule has 3 N–H and O–H groups in total. The average molecular weight is 200 g/mol. The summed E-state index contributed by atoms with van der Waals surface area (Å²) in [5, 5.41) is 8.99. The number of piperidine rings is 1. The molecule has 1 aliphatic rings. The maximum Gasteiger partial charge on any atom is 0.0445 e. The summed E-state index contributed by atoms with van der Waals surface area (Å²) >= 11 is 0. The van der Waals surface area contributed by atoms with Gasteiger partial charge in [0.25, 0.3) is 0 Å². The van der Waals surface area contributed by atoms with Crippen molar-refractivity contribution in [1.29, 1.82) is 0 Å². The van der Waals surface area contributed by atoms with Gasteiger partial charge in [-0.2, -0.15) is 0 Å². The SMILES string of the molecule is CCCC(CCO)N1CCC(N)CC1. The lowest BCUT2D eigenvalue weighted by molar-refractivity contribution is 0.119. The van der Waals surface area contributed by atoms with Crippen LogP contribution in [0.25, 0.3) is 0 Å². The van der Waals surface area contributed by atoms with E-state index in [9.17, 15) is 0 Å². The van der Waals surface area contributed by atoms with Gasteiger partial charge in [0.1, 0.15) is 0 Å². The Kier molecular flexibility index (Phi) is 5.45. The molecule has 0 spiro atoms. The lowest BCUT2D eigenvalue weighted by Gasteiger charge is -2.36.